The molecule has 0 spiro atoms. The Morgan fingerprint density at radius 2 is 1.83 bits per heavy atom. The fraction of sp³-hybridized carbons (Fsp3) is 0.167. The first-order chi connectivity index (χ1) is 11.3. The fourth-order valence-corrected chi connectivity index (χ4v) is 2.34. The number of carbonyl (C=O) groups excluding carboxylic acids is 1. The van der Waals surface area contributed by atoms with Crippen LogP contribution < -0.4 is 4.74 Å². The molecular weight excluding hydrogens is 290 g/mol. The lowest BCUT2D eigenvalue weighted by atomic mass is 10.1. The molecular formula is C18H17N3O2. The van der Waals surface area contributed by atoms with Gasteiger partial charge in [-0.2, -0.15) is 0 Å². The van der Waals surface area contributed by atoms with Gasteiger partial charge in [-0.25, -0.2) is 4.68 Å². The summed E-state index contributed by atoms with van der Waals surface area (Å²) in [6.07, 6.45) is 0.729. The molecule has 5 heteroatoms. The molecule has 0 fully saturated rings. The van der Waals surface area contributed by atoms with E-state index in [1.54, 1.807) is 4.68 Å². The SMILES string of the molecule is Cc1ccc(OCCn2nnc(C=O)c2-c2ccccc2)cc1. The molecule has 0 aliphatic heterocycles. The quantitative estimate of drug-likeness (QED) is 0.656. The molecule has 5 nitrogen and oxygen atoms in total. The Morgan fingerprint density at radius 1 is 1.09 bits per heavy atom. The van der Waals surface area contributed by atoms with Gasteiger partial charge in [0.15, 0.2) is 12.0 Å². The zero-order valence-electron chi connectivity index (χ0n) is 12.8. The molecule has 0 aliphatic carbocycles. The zero-order chi connectivity index (χ0) is 16.1. The van der Waals surface area contributed by atoms with Crippen molar-refractivity contribution in [3.8, 4) is 17.0 Å². The number of aldehydes is 1. The summed E-state index contributed by atoms with van der Waals surface area (Å²) < 4.78 is 7.42. The van der Waals surface area contributed by atoms with Crippen molar-refractivity contribution in [3.05, 3.63) is 65.9 Å². The van der Waals surface area contributed by atoms with E-state index in [-0.39, 0.29) is 0 Å². The second kappa shape index (κ2) is 6.87. The molecule has 3 aromatic rings. The number of carbonyl (C=O) groups is 1. The van der Waals surface area contributed by atoms with Crippen molar-refractivity contribution in [2.24, 2.45) is 0 Å². The van der Waals surface area contributed by atoms with E-state index in [4.69, 9.17) is 4.74 Å². The predicted molar refractivity (Wildman–Crippen MR) is 87.5 cm³/mol. The van der Waals surface area contributed by atoms with E-state index < -0.39 is 0 Å². The van der Waals surface area contributed by atoms with E-state index in [2.05, 4.69) is 10.3 Å². The first kappa shape index (κ1) is 15.0. The number of aryl methyl sites for hydroxylation is 1. The van der Waals surface area contributed by atoms with Crippen LogP contribution in [0, 0.1) is 6.92 Å². The fourth-order valence-electron chi connectivity index (χ4n) is 2.34. The molecule has 1 heterocycles. The van der Waals surface area contributed by atoms with Gasteiger partial charge in [-0.3, -0.25) is 4.79 Å². The monoisotopic (exact) mass is 307 g/mol. The van der Waals surface area contributed by atoms with Gasteiger partial charge in [0.2, 0.25) is 0 Å². The highest BCUT2D eigenvalue weighted by molar-refractivity contribution is 5.83. The number of rotatable bonds is 6. The van der Waals surface area contributed by atoms with Crippen molar-refractivity contribution in [2.45, 2.75) is 13.5 Å². The van der Waals surface area contributed by atoms with Gasteiger partial charge in [-0.05, 0) is 19.1 Å². The van der Waals surface area contributed by atoms with Crippen molar-refractivity contribution in [3.63, 3.8) is 0 Å². The maximum absolute atomic E-state index is 11.2. The van der Waals surface area contributed by atoms with Gasteiger partial charge < -0.3 is 4.74 Å². The van der Waals surface area contributed by atoms with Crippen molar-refractivity contribution in [1.29, 1.82) is 0 Å². The lowest BCUT2D eigenvalue weighted by Gasteiger charge is -2.09. The molecule has 2 aromatic carbocycles. The van der Waals surface area contributed by atoms with Crippen LogP contribution >= 0.6 is 0 Å². The normalized spacial score (nSPS) is 10.5. The standard InChI is InChI=1S/C18H17N3O2/c1-14-7-9-16(10-8-14)23-12-11-21-18(17(13-22)19-20-21)15-5-3-2-4-6-15/h2-10,13H,11-12H2,1H3. The van der Waals surface area contributed by atoms with Gasteiger partial charge in [0, 0.05) is 5.56 Å². The van der Waals surface area contributed by atoms with Gasteiger partial charge in [0.05, 0.1) is 12.2 Å². The third-order valence-corrected chi connectivity index (χ3v) is 3.51. The Bertz CT molecular complexity index is 780. The van der Waals surface area contributed by atoms with Crippen LogP contribution in [0.25, 0.3) is 11.3 Å². The van der Waals surface area contributed by atoms with Gasteiger partial charge in [0.1, 0.15) is 12.4 Å². The third kappa shape index (κ3) is 3.45. The minimum Gasteiger partial charge on any atom is -0.492 e. The van der Waals surface area contributed by atoms with Crippen LogP contribution in [-0.2, 0) is 6.54 Å². The minimum atomic E-state index is 0.339. The maximum atomic E-state index is 11.2. The van der Waals surface area contributed by atoms with E-state index in [0.29, 0.717) is 24.5 Å². The number of nitrogens with zero attached hydrogens (tertiary/aromatic N) is 3. The topological polar surface area (TPSA) is 57.0 Å². The van der Waals surface area contributed by atoms with Gasteiger partial charge in [-0.15, -0.1) is 5.10 Å². The molecule has 23 heavy (non-hydrogen) atoms. The van der Waals surface area contributed by atoms with Crippen LogP contribution in [0.15, 0.2) is 54.6 Å². The molecule has 0 unspecified atom stereocenters. The van der Waals surface area contributed by atoms with Crippen LogP contribution in [0.5, 0.6) is 5.75 Å². The van der Waals surface area contributed by atoms with Crippen molar-refractivity contribution in [1.82, 2.24) is 15.0 Å². The second-order valence-electron chi connectivity index (χ2n) is 5.19. The second-order valence-corrected chi connectivity index (χ2v) is 5.19. The third-order valence-electron chi connectivity index (χ3n) is 3.51. The Balaban J connectivity index is 1.74. The van der Waals surface area contributed by atoms with Gasteiger partial charge in [-0.1, -0.05) is 53.2 Å². The zero-order valence-corrected chi connectivity index (χ0v) is 12.8. The minimum absolute atomic E-state index is 0.339. The molecule has 0 bridgehead atoms. The molecule has 0 saturated heterocycles. The molecule has 116 valence electrons. The Morgan fingerprint density at radius 3 is 2.52 bits per heavy atom. The van der Waals surface area contributed by atoms with E-state index in [1.165, 1.54) is 5.56 Å². The molecule has 0 atom stereocenters. The lowest BCUT2D eigenvalue weighted by Crippen LogP contribution is -2.11. The summed E-state index contributed by atoms with van der Waals surface area (Å²) in [5.74, 6) is 0.813. The summed E-state index contributed by atoms with van der Waals surface area (Å²) in [4.78, 5) is 11.2. The van der Waals surface area contributed by atoms with Crippen LogP contribution in [0.3, 0.4) is 0 Å². The van der Waals surface area contributed by atoms with Crippen molar-refractivity contribution in [2.75, 3.05) is 6.61 Å². The Labute approximate surface area is 134 Å². The summed E-state index contributed by atoms with van der Waals surface area (Å²) >= 11 is 0. The first-order valence-corrected chi connectivity index (χ1v) is 7.41. The van der Waals surface area contributed by atoms with E-state index in [9.17, 15) is 4.79 Å². The van der Waals surface area contributed by atoms with Crippen LogP contribution in [0.2, 0.25) is 0 Å². The van der Waals surface area contributed by atoms with Gasteiger partial charge >= 0.3 is 0 Å². The summed E-state index contributed by atoms with van der Waals surface area (Å²) in [5, 5.41) is 8.00. The molecule has 0 N–H and O–H groups in total. The summed E-state index contributed by atoms with van der Waals surface area (Å²) in [6, 6.07) is 17.5. The van der Waals surface area contributed by atoms with E-state index >= 15 is 0 Å². The lowest BCUT2D eigenvalue weighted by molar-refractivity contribution is 0.111. The largest absolute Gasteiger partial charge is 0.492 e. The number of hydrogen-bond donors (Lipinski definition) is 0. The molecule has 0 radical (unpaired) electrons. The van der Waals surface area contributed by atoms with Crippen LogP contribution in [-0.4, -0.2) is 27.9 Å². The first-order valence-electron chi connectivity index (χ1n) is 7.41. The Kier molecular flexibility index (Phi) is 4.47. The molecule has 3 rings (SSSR count). The molecule has 1 aromatic heterocycles. The van der Waals surface area contributed by atoms with Crippen molar-refractivity contribution < 1.29 is 9.53 Å². The number of ether oxygens (including phenoxy) is 1. The van der Waals surface area contributed by atoms with E-state index in [0.717, 1.165) is 17.6 Å². The van der Waals surface area contributed by atoms with Gasteiger partial charge in [0.25, 0.3) is 0 Å². The molecule has 0 aliphatic rings. The smallest absolute Gasteiger partial charge is 0.172 e. The number of hydrogen-bond acceptors (Lipinski definition) is 4. The van der Waals surface area contributed by atoms with E-state index in [1.807, 2.05) is 61.5 Å². The van der Waals surface area contributed by atoms with Crippen molar-refractivity contribution >= 4 is 6.29 Å². The molecule has 0 saturated carbocycles. The Hall–Kier alpha value is -2.95. The highest BCUT2D eigenvalue weighted by Crippen LogP contribution is 2.21. The summed E-state index contributed by atoms with van der Waals surface area (Å²) in [5.41, 5.74) is 3.16. The highest BCUT2D eigenvalue weighted by atomic mass is 16.5. The number of aromatic nitrogens is 3. The number of benzene rings is 2. The summed E-state index contributed by atoms with van der Waals surface area (Å²) in [7, 11) is 0. The highest BCUT2D eigenvalue weighted by Gasteiger charge is 2.14. The predicted octanol–water partition coefficient (Wildman–Crippen LogP) is 3.15. The average Bonchev–Trinajstić information content (AvgIpc) is 3.00. The van der Waals surface area contributed by atoms with Crippen LogP contribution in [0.1, 0.15) is 16.1 Å². The molecule has 0 amide bonds. The van der Waals surface area contributed by atoms with Crippen LogP contribution in [0.4, 0.5) is 0 Å². The summed E-state index contributed by atoms with van der Waals surface area (Å²) in [6.45, 7) is 3.00. The average molecular weight is 307 g/mol. The maximum Gasteiger partial charge on any atom is 0.172 e.